The zero-order valence-corrected chi connectivity index (χ0v) is 37.1. The highest BCUT2D eigenvalue weighted by Crippen LogP contribution is 2.32. The maximum atomic E-state index is 12.4. The highest BCUT2D eigenvalue weighted by Gasteiger charge is 2.10. The van der Waals surface area contributed by atoms with Gasteiger partial charge in [-0.15, -0.1) is 22.7 Å². The van der Waals surface area contributed by atoms with E-state index in [1.54, 1.807) is 28.9 Å². The van der Waals surface area contributed by atoms with E-state index in [1.165, 1.54) is 22.3 Å². The molecular weight excluding hydrogens is 793 g/mol. The molecule has 0 saturated carbocycles. The number of nitrogens with zero attached hydrogens (tertiary/aromatic N) is 3. The molecule has 0 saturated heterocycles. The first-order chi connectivity index (χ1) is 29.4. The Balaban J connectivity index is 0.000000170. The Bertz CT molecular complexity index is 2800. The Morgan fingerprint density at radius 2 is 1.00 bits per heavy atom. The van der Waals surface area contributed by atoms with E-state index in [-0.39, 0.29) is 24.7 Å². The molecule has 9 heteroatoms. The van der Waals surface area contributed by atoms with Gasteiger partial charge in [0.15, 0.2) is 11.6 Å². The Hall–Kier alpha value is -6.26. The van der Waals surface area contributed by atoms with Crippen LogP contribution in [-0.4, -0.2) is 47.1 Å². The van der Waals surface area contributed by atoms with Crippen LogP contribution in [0.15, 0.2) is 126 Å². The van der Waals surface area contributed by atoms with Crippen LogP contribution in [0.2, 0.25) is 0 Å². The molecule has 0 atom stereocenters. The average Bonchev–Trinajstić information content (AvgIpc) is 3.89. The SMILES string of the molecule is Cc1ccc(-c2nc3cc(C=NCC(=O)Cc4c(C)cccc4C)ccc3s2)cc1.Cc1ccc(-c2nc3cc(C=O)ccc3s2)cc1.Cc1cccc(C)c1CC(=O)CN. The summed E-state index contributed by atoms with van der Waals surface area (Å²) in [4.78, 5) is 48.0. The third kappa shape index (κ3) is 11.9. The van der Waals surface area contributed by atoms with Crippen molar-refractivity contribution in [3.63, 3.8) is 0 Å². The van der Waals surface area contributed by atoms with Gasteiger partial charge in [0.1, 0.15) is 16.3 Å². The minimum Gasteiger partial charge on any atom is -0.324 e. The van der Waals surface area contributed by atoms with Crippen molar-refractivity contribution in [2.24, 2.45) is 10.7 Å². The van der Waals surface area contributed by atoms with Gasteiger partial charge in [0.25, 0.3) is 0 Å². The molecule has 2 aromatic heterocycles. The van der Waals surface area contributed by atoms with Crippen LogP contribution in [0.25, 0.3) is 41.6 Å². The van der Waals surface area contributed by atoms with E-state index in [0.29, 0.717) is 18.4 Å². The van der Waals surface area contributed by atoms with Gasteiger partial charge in [-0.25, -0.2) is 9.97 Å². The number of nitrogens with two attached hydrogens (primary N) is 1. The molecule has 0 aliphatic carbocycles. The number of hydrogen-bond donors (Lipinski definition) is 1. The lowest BCUT2D eigenvalue weighted by molar-refractivity contribution is -0.117. The molecule has 0 aliphatic heterocycles. The first-order valence-electron chi connectivity index (χ1n) is 20.1. The van der Waals surface area contributed by atoms with E-state index in [0.717, 1.165) is 75.7 Å². The highest BCUT2D eigenvalue weighted by atomic mass is 32.1. The van der Waals surface area contributed by atoms with Crippen LogP contribution in [0.4, 0.5) is 0 Å². The highest BCUT2D eigenvalue weighted by molar-refractivity contribution is 7.22. The fourth-order valence-corrected chi connectivity index (χ4v) is 8.62. The van der Waals surface area contributed by atoms with Crippen molar-refractivity contribution in [3.05, 3.63) is 177 Å². The smallest absolute Gasteiger partial charge is 0.158 e. The molecule has 8 aromatic rings. The molecule has 308 valence electrons. The van der Waals surface area contributed by atoms with Gasteiger partial charge in [0.2, 0.25) is 0 Å². The average molecular weight is 843 g/mol. The molecule has 0 spiro atoms. The van der Waals surface area contributed by atoms with Crippen LogP contribution in [0, 0.1) is 41.5 Å². The van der Waals surface area contributed by atoms with Crippen molar-refractivity contribution >= 4 is 67.2 Å². The second-order valence-electron chi connectivity index (χ2n) is 15.2. The summed E-state index contributed by atoms with van der Waals surface area (Å²) in [5.74, 6) is 0.220. The number of Topliss-reactive ketones (excluding diaryl/α,β-unsaturated/α-hetero) is 2. The van der Waals surface area contributed by atoms with E-state index >= 15 is 0 Å². The predicted molar refractivity (Wildman–Crippen MR) is 256 cm³/mol. The monoisotopic (exact) mass is 842 g/mol. The van der Waals surface area contributed by atoms with Gasteiger partial charge in [0.05, 0.1) is 33.5 Å². The molecule has 0 fully saturated rings. The van der Waals surface area contributed by atoms with E-state index in [9.17, 15) is 14.4 Å². The zero-order chi connectivity index (χ0) is 43.5. The topological polar surface area (TPSA) is 115 Å². The van der Waals surface area contributed by atoms with Crippen LogP contribution in [-0.2, 0) is 22.4 Å². The number of aromatic nitrogens is 2. The number of aldehydes is 1. The first kappa shape index (κ1) is 44.3. The number of rotatable bonds is 11. The van der Waals surface area contributed by atoms with Crippen molar-refractivity contribution in [1.82, 2.24) is 9.97 Å². The first-order valence-corrected chi connectivity index (χ1v) is 21.8. The Morgan fingerprint density at radius 3 is 1.44 bits per heavy atom. The number of carbonyl (C=O) groups is 3. The van der Waals surface area contributed by atoms with Crippen molar-refractivity contribution < 1.29 is 14.4 Å². The fourth-order valence-electron chi connectivity index (χ4n) is 6.71. The molecular formula is C52H50N4O3S2. The number of hydrogen-bond acceptors (Lipinski definition) is 9. The minimum atomic E-state index is 0.0948. The summed E-state index contributed by atoms with van der Waals surface area (Å²) in [6.45, 7) is 12.6. The van der Waals surface area contributed by atoms with E-state index < -0.39 is 0 Å². The number of fused-ring (bicyclic) bond motifs is 2. The summed E-state index contributed by atoms with van der Waals surface area (Å²) in [5.41, 5.74) is 20.4. The summed E-state index contributed by atoms with van der Waals surface area (Å²) in [6.07, 6.45) is 3.52. The van der Waals surface area contributed by atoms with Crippen molar-refractivity contribution in [1.29, 1.82) is 0 Å². The van der Waals surface area contributed by atoms with Gasteiger partial charge in [-0.1, -0.05) is 108 Å². The molecule has 0 aliphatic rings. The number of carbonyl (C=O) groups excluding carboxylic acids is 3. The fraction of sp³-hybridized carbons (Fsp3) is 0.192. The molecule has 0 amide bonds. The Labute approximate surface area is 366 Å². The Morgan fingerprint density at radius 1 is 0.574 bits per heavy atom. The van der Waals surface area contributed by atoms with Gasteiger partial charge in [-0.05, 0) is 105 Å². The van der Waals surface area contributed by atoms with Crippen LogP contribution in [0.3, 0.4) is 0 Å². The summed E-state index contributed by atoms with van der Waals surface area (Å²) < 4.78 is 2.25. The van der Waals surface area contributed by atoms with Gasteiger partial charge < -0.3 is 5.73 Å². The van der Waals surface area contributed by atoms with Gasteiger partial charge in [-0.2, -0.15) is 0 Å². The standard InChI is InChI=1S/C26H24N2OS.C15H11NOS.C11H15NO/c1-17-7-10-21(11-8-17)26-28-24-13-20(9-12-25(24)30-26)15-27-16-22(29)14-23-18(2)5-4-6-19(23)3;1-10-2-5-12(6-3-10)15-16-13-8-11(9-17)4-7-14(13)18-15;1-8-4-3-5-9(2)11(8)6-10(13)7-12/h4-13,15H,14,16H2,1-3H3;2-9H,1H3;3-5H,6-7,12H2,1-2H3. The van der Waals surface area contributed by atoms with Crippen molar-refractivity contribution in [3.8, 4) is 21.1 Å². The second kappa shape index (κ2) is 20.8. The van der Waals surface area contributed by atoms with Crippen LogP contribution < -0.4 is 5.73 Å². The van der Waals surface area contributed by atoms with Crippen molar-refractivity contribution in [2.75, 3.05) is 13.1 Å². The number of benzene rings is 6. The zero-order valence-electron chi connectivity index (χ0n) is 35.5. The summed E-state index contributed by atoms with van der Waals surface area (Å²) >= 11 is 3.34. The van der Waals surface area contributed by atoms with E-state index in [4.69, 9.17) is 10.7 Å². The number of thiazole rings is 2. The number of aliphatic imine (C=N–C) groups is 1. The lowest BCUT2D eigenvalue weighted by atomic mass is 9.98. The molecule has 2 N–H and O–H groups in total. The quantitative estimate of drug-likeness (QED) is 0.102. The maximum absolute atomic E-state index is 12.4. The molecule has 0 unspecified atom stereocenters. The minimum absolute atomic E-state index is 0.0948. The summed E-state index contributed by atoms with van der Waals surface area (Å²) in [7, 11) is 0. The van der Waals surface area contributed by atoms with Crippen LogP contribution in [0.5, 0.6) is 0 Å². The van der Waals surface area contributed by atoms with Crippen LogP contribution in [0.1, 0.15) is 60.4 Å². The maximum Gasteiger partial charge on any atom is 0.158 e. The van der Waals surface area contributed by atoms with Gasteiger partial charge in [-0.3, -0.25) is 19.4 Å². The lowest BCUT2D eigenvalue weighted by Gasteiger charge is -2.07. The predicted octanol–water partition coefficient (Wildman–Crippen LogP) is 11.6. The normalized spacial score (nSPS) is 10.9. The number of aryl methyl sites for hydroxylation is 6. The van der Waals surface area contributed by atoms with Gasteiger partial charge >= 0.3 is 0 Å². The van der Waals surface area contributed by atoms with Crippen molar-refractivity contribution in [2.45, 2.75) is 54.4 Å². The van der Waals surface area contributed by atoms with E-state index in [1.807, 2.05) is 94.4 Å². The number of ketones is 2. The lowest BCUT2D eigenvalue weighted by Crippen LogP contribution is -2.16. The Kier molecular flexibility index (Phi) is 15.1. The third-order valence-electron chi connectivity index (χ3n) is 10.3. The molecule has 61 heavy (non-hydrogen) atoms. The van der Waals surface area contributed by atoms with Crippen LogP contribution >= 0.6 is 22.7 Å². The summed E-state index contributed by atoms with van der Waals surface area (Å²) in [5, 5.41) is 2.01. The van der Waals surface area contributed by atoms with E-state index in [2.05, 4.69) is 78.4 Å². The molecule has 0 radical (unpaired) electrons. The molecule has 7 nitrogen and oxygen atoms in total. The molecule has 2 heterocycles. The third-order valence-corrected chi connectivity index (χ3v) is 12.5. The molecule has 0 bridgehead atoms. The second-order valence-corrected chi connectivity index (χ2v) is 17.2. The largest absolute Gasteiger partial charge is 0.324 e. The van der Waals surface area contributed by atoms with Gasteiger partial charge in [0, 0.05) is 35.7 Å². The molecule has 6 aromatic carbocycles. The molecule has 8 rings (SSSR count). The summed E-state index contributed by atoms with van der Waals surface area (Å²) in [6, 6.07) is 40.6.